The van der Waals surface area contributed by atoms with Crippen LogP contribution in [0, 0.1) is 5.92 Å². The van der Waals surface area contributed by atoms with Crippen LogP contribution < -0.4 is 5.32 Å². The summed E-state index contributed by atoms with van der Waals surface area (Å²) in [6.07, 6.45) is 0. The summed E-state index contributed by atoms with van der Waals surface area (Å²) in [4.78, 5) is 20.6. The van der Waals surface area contributed by atoms with Crippen molar-refractivity contribution in [1.29, 1.82) is 0 Å². The van der Waals surface area contributed by atoms with Gasteiger partial charge in [-0.1, -0.05) is 37.6 Å². The summed E-state index contributed by atoms with van der Waals surface area (Å²) in [6.45, 7) is 3.95. The van der Waals surface area contributed by atoms with Crippen LogP contribution >= 0.6 is 11.6 Å². The largest absolute Gasteiger partial charge is 0.342 e. The van der Waals surface area contributed by atoms with Crippen molar-refractivity contribution in [3.05, 3.63) is 58.9 Å². The number of amides is 1. The van der Waals surface area contributed by atoms with Crippen molar-refractivity contribution in [2.24, 2.45) is 5.92 Å². The van der Waals surface area contributed by atoms with E-state index in [0.29, 0.717) is 5.82 Å². The molecule has 0 bridgehead atoms. The molecule has 0 aliphatic heterocycles. The molecule has 1 aromatic heterocycles. The number of carbonyl (C=O) groups excluding carboxylic acids is 1. The monoisotopic (exact) mass is 434 g/mol. The minimum Gasteiger partial charge on any atom is -0.342 e. The number of imidazole rings is 1. The molecule has 2 N–H and O–H groups in total. The van der Waals surface area contributed by atoms with Crippen molar-refractivity contribution in [2.75, 3.05) is 14.1 Å². The number of para-hydroxylation sites is 2. The fraction of sp³-hybridized carbons (Fsp3) is 0.300. The number of aromatic nitrogens is 2. The summed E-state index contributed by atoms with van der Waals surface area (Å²) in [5.41, 5.74) is 1.90. The predicted molar refractivity (Wildman–Crippen MR) is 113 cm³/mol. The summed E-state index contributed by atoms with van der Waals surface area (Å²) in [5.74, 6) is 0.289. The van der Waals surface area contributed by atoms with E-state index < -0.39 is 15.9 Å². The zero-order chi connectivity index (χ0) is 21.3. The van der Waals surface area contributed by atoms with Gasteiger partial charge in [-0.25, -0.2) is 17.7 Å². The van der Waals surface area contributed by atoms with Gasteiger partial charge in [-0.05, 0) is 36.2 Å². The molecule has 0 aliphatic rings. The molecule has 154 valence electrons. The maximum absolute atomic E-state index is 12.9. The van der Waals surface area contributed by atoms with Gasteiger partial charge in [0, 0.05) is 19.7 Å². The zero-order valence-electron chi connectivity index (χ0n) is 16.6. The Morgan fingerprint density at radius 2 is 1.86 bits per heavy atom. The van der Waals surface area contributed by atoms with Crippen LogP contribution in [0.2, 0.25) is 5.02 Å². The molecule has 2 aromatic carbocycles. The number of rotatable bonds is 6. The standard InChI is InChI=1S/C20H23ClN4O3S/c1-12(2)18(19-22-15-7-5-6-8-16(15)23-19)24-20(26)13-9-10-14(21)17(11-13)29(27,28)25(3)4/h5-12,18H,1-4H3,(H,22,23)(H,24,26). The first-order chi connectivity index (χ1) is 13.6. The molecule has 3 aromatic rings. The number of halogens is 1. The Balaban J connectivity index is 1.93. The smallest absolute Gasteiger partial charge is 0.251 e. The van der Waals surface area contributed by atoms with Gasteiger partial charge in [-0.15, -0.1) is 0 Å². The van der Waals surface area contributed by atoms with Crippen LogP contribution in [0.5, 0.6) is 0 Å². The van der Waals surface area contributed by atoms with E-state index in [4.69, 9.17) is 11.6 Å². The molecule has 0 radical (unpaired) electrons. The first-order valence-corrected chi connectivity index (χ1v) is 10.9. The molecule has 0 saturated carbocycles. The number of sulfonamides is 1. The number of aromatic amines is 1. The van der Waals surface area contributed by atoms with Crippen LogP contribution in [0.25, 0.3) is 11.0 Å². The Labute approximate surface area is 175 Å². The van der Waals surface area contributed by atoms with Gasteiger partial charge in [-0.2, -0.15) is 0 Å². The van der Waals surface area contributed by atoms with E-state index >= 15 is 0 Å². The highest BCUT2D eigenvalue weighted by Crippen LogP contribution is 2.26. The van der Waals surface area contributed by atoms with E-state index in [1.807, 2.05) is 38.1 Å². The topological polar surface area (TPSA) is 95.2 Å². The molecular weight excluding hydrogens is 412 g/mol. The molecule has 1 atom stereocenters. The van der Waals surface area contributed by atoms with Gasteiger partial charge < -0.3 is 10.3 Å². The summed E-state index contributed by atoms with van der Waals surface area (Å²) < 4.78 is 26.0. The number of hydrogen-bond acceptors (Lipinski definition) is 4. The Morgan fingerprint density at radius 3 is 2.48 bits per heavy atom. The number of nitrogens with one attached hydrogen (secondary N) is 2. The third kappa shape index (κ3) is 4.29. The lowest BCUT2D eigenvalue weighted by Gasteiger charge is -2.21. The fourth-order valence-corrected chi connectivity index (χ4v) is 4.33. The summed E-state index contributed by atoms with van der Waals surface area (Å²) in [6, 6.07) is 11.5. The Morgan fingerprint density at radius 1 is 1.17 bits per heavy atom. The average Bonchev–Trinajstić information content (AvgIpc) is 3.09. The predicted octanol–water partition coefficient (Wildman–Crippen LogP) is 3.59. The van der Waals surface area contributed by atoms with Crippen LogP contribution in [0.3, 0.4) is 0 Å². The molecule has 0 saturated heterocycles. The molecule has 1 heterocycles. The van der Waals surface area contributed by atoms with E-state index in [-0.39, 0.29) is 27.4 Å². The van der Waals surface area contributed by atoms with Gasteiger partial charge in [-0.3, -0.25) is 4.79 Å². The Hall–Kier alpha value is -2.42. The number of fused-ring (bicyclic) bond motifs is 1. The van der Waals surface area contributed by atoms with E-state index in [0.717, 1.165) is 15.3 Å². The third-order valence-electron chi connectivity index (χ3n) is 4.61. The fourth-order valence-electron chi connectivity index (χ4n) is 2.93. The van der Waals surface area contributed by atoms with Gasteiger partial charge in [0.25, 0.3) is 5.91 Å². The molecule has 3 rings (SSSR count). The molecule has 1 amide bonds. The van der Waals surface area contributed by atoms with Gasteiger partial charge in [0.2, 0.25) is 10.0 Å². The van der Waals surface area contributed by atoms with Crippen LogP contribution in [0.15, 0.2) is 47.4 Å². The number of H-pyrrole nitrogens is 1. The summed E-state index contributed by atoms with van der Waals surface area (Å²) in [7, 11) is -0.952. The lowest BCUT2D eigenvalue weighted by Crippen LogP contribution is -2.32. The second-order valence-corrected chi connectivity index (χ2v) is 9.79. The third-order valence-corrected chi connectivity index (χ3v) is 6.90. The maximum atomic E-state index is 12.9. The second-order valence-electron chi connectivity index (χ2n) is 7.27. The highest BCUT2D eigenvalue weighted by atomic mass is 35.5. The quantitative estimate of drug-likeness (QED) is 0.619. The van der Waals surface area contributed by atoms with Gasteiger partial charge in [0.15, 0.2) is 0 Å². The van der Waals surface area contributed by atoms with Crippen LogP contribution in [0.4, 0.5) is 0 Å². The first kappa shape index (κ1) is 21.3. The van der Waals surface area contributed by atoms with Crippen molar-refractivity contribution in [1.82, 2.24) is 19.6 Å². The minimum atomic E-state index is -3.78. The highest BCUT2D eigenvalue weighted by Gasteiger charge is 2.25. The van der Waals surface area contributed by atoms with Crippen LogP contribution in [-0.4, -0.2) is 42.7 Å². The first-order valence-electron chi connectivity index (χ1n) is 9.09. The lowest BCUT2D eigenvalue weighted by molar-refractivity contribution is 0.0923. The average molecular weight is 435 g/mol. The molecule has 7 nitrogen and oxygen atoms in total. The lowest BCUT2D eigenvalue weighted by atomic mass is 10.0. The zero-order valence-corrected chi connectivity index (χ0v) is 18.2. The molecule has 0 aliphatic carbocycles. The molecule has 1 unspecified atom stereocenters. The summed E-state index contributed by atoms with van der Waals surface area (Å²) in [5, 5.41) is 3.02. The number of hydrogen-bond donors (Lipinski definition) is 2. The van der Waals surface area contributed by atoms with Gasteiger partial charge in [0.05, 0.1) is 22.1 Å². The molecule has 29 heavy (non-hydrogen) atoms. The van der Waals surface area contributed by atoms with Crippen molar-refractivity contribution in [3.63, 3.8) is 0 Å². The van der Waals surface area contributed by atoms with Crippen molar-refractivity contribution < 1.29 is 13.2 Å². The molecule has 9 heteroatoms. The number of nitrogens with zero attached hydrogens (tertiary/aromatic N) is 2. The van der Waals surface area contributed by atoms with Crippen LogP contribution in [-0.2, 0) is 10.0 Å². The maximum Gasteiger partial charge on any atom is 0.251 e. The van der Waals surface area contributed by atoms with Crippen molar-refractivity contribution in [3.8, 4) is 0 Å². The molecule has 0 spiro atoms. The van der Waals surface area contributed by atoms with E-state index in [9.17, 15) is 13.2 Å². The SMILES string of the molecule is CC(C)C(NC(=O)c1ccc(Cl)c(S(=O)(=O)N(C)C)c1)c1nc2ccccc2[nH]1. The van der Waals surface area contributed by atoms with Gasteiger partial charge >= 0.3 is 0 Å². The van der Waals surface area contributed by atoms with Crippen molar-refractivity contribution >= 4 is 38.6 Å². The van der Waals surface area contributed by atoms with E-state index in [2.05, 4.69) is 15.3 Å². The number of benzene rings is 2. The van der Waals surface area contributed by atoms with Crippen LogP contribution in [0.1, 0.15) is 36.1 Å². The second kappa shape index (κ2) is 8.14. The molecule has 0 fully saturated rings. The minimum absolute atomic E-state index is 0.0526. The Bertz CT molecular complexity index is 1120. The van der Waals surface area contributed by atoms with E-state index in [1.54, 1.807) is 0 Å². The van der Waals surface area contributed by atoms with E-state index in [1.165, 1.54) is 32.3 Å². The Kier molecular flexibility index (Phi) is 5.97. The normalized spacial score (nSPS) is 13.2. The van der Waals surface area contributed by atoms with Crippen molar-refractivity contribution in [2.45, 2.75) is 24.8 Å². The summed E-state index contributed by atoms with van der Waals surface area (Å²) >= 11 is 6.07. The number of carbonyl (C=O) groups is 1. The highest BCUT2D eigenvalue weighted by molar-refractivity contribution is 7.89. The van der Waals surface area contributed by atoms with Gasteiger partial charge in [0.1, 0.15) is 10.7 Å². The molecular formula is C20H23ClN4O3S.